The van der Waals surface area contributed by atoms with Crippen LogP contribution in [0.15, 0.2) is 29.3 Å². The van der Waals surface area contributed by atoms with Crippen LogP contribution < -0.4 is 10.6 Å². The van der Waals surface area contributed by atoms with E-state index in [-0.39, 0.29) is 11.4 Å². The van der Waals surface area contributed by atoms with Gasteiger partial charge in [0, 0.05) is 13.1 Å². The fraction of sp³-hybridized carbons (Fsp3) is 0.588. The minimum atomic E-state index is -0.187. The monoisotopic (exact) mass is 289 g/mol. The van der Waals surface area contributed by atoms with Crippen molar-refractivity contribution < 1.29 is 4.39 Å². The van der Waals surface area contributed by atoms with Gasteiger partial charge >= 0.3 is 0 Å². The first kappa shape index (κ1) is 14.5. The fourth-order valence-electron chi connectivity index (χ4n) is 3.63. The van der Waals surface area contributed by atoms with Crippen molar-refractivity contribution in [2.24, 2.45) is 10.9 Å². The van der Waals surface area contributed by atoms with Crippen LogP contribution in [0.1, 0.15) is 38.2 Å². The van der Waals surface area contributed by atoms with E-state index in [0.29, 0.717) is 12.5 Å². The maximum atomic E-state index is 13.0. The van der Waals surface area contributed by atoms with E-state index < -0.39 is 0 Å². The summed E-state index contributed by atoms with van der Waals surface area (Å²) in [6.45, 7) is 4.83. The molecular formula is C17H24FN3. The Morgan fingerprint density at radius 1 is 1.33 bits per heavy atom. The molecule has 0 saturated heterocycles. The molecule has 1 aliphatic heterocycles. The molecule has 0 amide bonds. The highest BCUT2D eigenvalue weighted by atomic mass is 19.1. The van der Waals surface area contributed by atoms with E-state index in [2.05, 4.69) is 17.6 Å². The van der Waals surface area contributed by atoms with Crippen molar-refractivity contribution in [1.82, 2.24) is 10.6 Å². The molecule has 3 rings (SSSR count). The molecule has 2 aliphatic rings. The summed E-state index contributed by atoms with van der Waals surface area (Å²) in [7, 11) is 0. The van der Waals surface area contributed by atoms with Gasteiger partial charge in [-0.05, 0) is 36.5 Å². The lowest BCUT2D eigenvalue weighted by Gasteiger charge is -2.46. The van der Waals surface area contributed by atoms with Gasteiger partial charge in [-0.25, -0.2) is 4.39 Å². The predicted molar refractivity (Wildman–Crippen MR) is 83.9 cm³/mol. The van der Waals surface area contributed by atoms with Crippen molar-refractivity contribution >= 4 is 5.84 Å². The van der Waals surface area contributed by atoms with Crippen molar-refractivity contribution in [2.75, 3.05) is 13.1 Å². The van der Waals surface area contributed by atoms with Crippen LogP contribution in [0.25, 0.3) is 0 Å². The average molecular weight is 289 g/mol. The topological polar surface area (TPSA) is 36.4 Å². The van der Waals surface area contributed by atoms with Crippen LogP contribution in [0.5, 0.6) is 0 Å². The number of aliphatic imine (C=N–C) groups is 1. The van der Waals surface area contributed by atoms with Crippen molar-refractivity contribution in [2.45, 2.75) is 44.7 Å². The summed E-state index contributed by atoms with van der Waals surface area (Å²) in [4.78, 5) is 4.76. The summed E-state index contributed by atoms with van der Waals surface area (Å²) in [6, 6.07) is 6.68. The quantitative estimate of drug-likeness (QED) is 0.878. The minimum absolute atomic E-state index is 0.0243. The second kappa shape index (κ2) is 6.14. The molecule has 1 aliphatic carbocycles. The van der Waals surface area contributed by atoms with Crippen LogP contribution in [-0.4, -0.2) is 24.5 Å². The van der Waals surface area contributed by atoms with Gasteiger partial charge in [0.1, 0.15) is 11.7 Å². The number of hydrogen-bond acceptors (Lipinski definition) is 3. The second-order valence-electron chi connectivity index (χ2n) is 6.26. The highest BCUT2D eigenvalue weighted by molar-refractivity contribution is 5.92. The number of rotatable bonds is 2. The number of nitrogens with zero attached hydrogens (tertiary/aromatic N) is 1. The number of halogens is 1. The van der Waals surface area contributed by atoms with Gasteiger partial charge in [-0.15, -0.1) is 0 Å². The van der Waals surface area contributed by atoms with E-state index >= 15 is 0 Å². The molecule has 3 nitrogen and oxygen atoms in total. The molecule has 1 heterocycles. The lowest BCUT2D eigenvalue weighted by atomic mass is 9.72. The Morgan fingerprint density at radius 2 is 2.14 bits per heavy atom. The van der Waals surface area contributed by atoms with E-state index in [9.17, 15) is 4.39 Å². The highest BCUT2D eigenvalue weighted by Crippen LogP contribution is 2.35. The summed E-state index contributed by atoms with van der Waals surface area (Å²) < 4.78 is 13.0. The van der Waals surface area contributed by atoms with Crippen LogP contribution in [0, 0.1) is 11.7 Å². The molecule has 1 spiro atoms. The van der Waals surface area contributed by atoms with Crippen molar-refractivity contribution in [3.05, 3.63) is 35.6 Å². The van der Waals surface area contributed by atoms with Gasteiger partial charge in [-0.3, -0.25) is 4.99 Å². The SMILES string of the molecule is C[C@@H]1CCCC[C@@]12NCCN=C2NCc1ccc(F)cc1. The lowest BCUT2D eigenvalue weighted by Crippen LogP contribution is -2.64. The van der Waals surface area contributed by atoms with E-state index in [4.69, 9.17) is 4.99 Å². The molecule has 1 aromatic rings. The molecule has 0 aromatic heterocycles. The van der Waals surface area contributed by atoms with Gasteiger partial charge in [-0.2, -0.15) is 0 Å². The maximum absolute atomic E-state index is 13.0. The van der Waals surface area contributed by atoms with E-state index in [1.165, 1.54) is 31.4 Å². The first-order valence-corrected chi connectivity index (χ1v) is 7.99. The predicted octanol–water partition coefficient (Wildman–Crippen LogP) is 2.87. The van der Waals surface area contributed by atoms with Gasteiger partial charge in [0.05, 0.1) is 12.1 Å². The third-order valence-electron chi connectivity index (χ3n) is 4.92. The van der Waals surface area contributed by atoms with Gasteiger partial charge in [-0.1, -0.05) is 31.9 Å². The summed E-state index contributed by atoms with van der Waals surface area (Å²) in [5.41, 5.74) is 1.11. The summed E-state index contributed by atoms with van der Waals surface area (Å²) in [5.74, 6) is 1.52. The second-order valence-corrected chi connectivity index (χ2v) is 6.26. The molecule has 2 atom stereocenters. The third-order valence-corrected chi connectivity index (χ3v) is 4.92. The van der Waals surface area contributed by atoms with E-state index in [1.54, 1.807) is 0 Å². The van der Waals surface area contributed by atoms with Gasteiger partial charge in [0.15, 0.2) is 0 Å². The standard InChI is InChI=1S/C17H24FN3/c1-13-4-2-3-9-17(13)16(19-10-11-21-17)20-12-14-5-7-15(18)8-6-14/h5-8,13,21H,2-4,9-12H2,1H3,(H,19,20)/t13-,17-/m1/s1. The Labute approximate surface area is 126 Å². The highest BCUT2D eigenvalue weighted by Gasteiger charge is 2.43. The van der Waals surface area contributed by atoms with Crippen LogP contribution in [0.2, 0.25) is 0 Å². The van der Waals surface area contributed by atoms with Gasteiger partial charge in [0.25, 0.3) is 0 Å². The summed E-state index contributed by atoms with van der Waals surface area (Å²) in [5, 5.41) is 7.24. The Morgan fingerprint density at radius 3 is 2.90 bits per heavy atom. The molecule has 1 aromatic carbocycles. The first-order chi connectivity index (χ1) is 10.2. The normalized spacial score (nSPS) is 29.2. The number of benzene rings is 1. The smallest absolute Gasteiger partial charge is 0.123 e. The zero-order valence-electron chi connectivity index (χ0n) is 12.7. The van der Waals surface area contributed by atoms with Crippen LogP contribution >= 0.6 is 0 Å². The van der Waals surface area contributed by atoms with E-state index in [1.807, 2.05) is 12.1 Å². The largest absolute Gasteiger partial charge is 0.368 e. The molecule has 0 bridgehead atoms. The number of nitrogens with one attached hydrogen (secondary N) is 2. The average Bonchev–Trinajstić information content (AvgIpc) is 2.51. The van der Waals surface area contributed by atoms with Crippen LogP contribution in [0.3, 0.4) is 0 Å². The molecule has 1 saturated carbocycles. The molecule has 1 fully saturated rings. The van der Waals surface area contributed by atoms with Crippen molar-refractivity contribution in [3.63, 3.8) is 0 Å². The van der Waals surface area contributed by atoms with Crippen molar-refractivity contribution in [1.29, 1.82) is 0 Å². The van der Waals surface area contributed by atoms with Gasteiger partial charge in [0.2, 0.25) is 0 Å². The molecular weight excluding hydrogens is 265 g/mol. The molecule has 114 valence electrons. The Kier molecular flexibility index (Phi) is 4.24. The van der Waals surface area contributed by atoms with Crippen molar-refractivity contribution in [3.8, 4) is 0 Å². The fourth-order valence-corrected chi connectivity index (χ4v) is 3.63. The molecule has 0 radical (unpaired) electrons. The molecule has 0 unspecified atom stereocenters. The zero-order chi connectivity index (χ0) is 14.7. The zero-order valence-corrected chi connectivity index (χ0v) is 12.7. The Bertz CT molecular complexity index is 511. The molecule has 21 heavy (non-hydrogen) atoms. The first-order valence-electron chi connectivity index (χ1n) is 7.99. The molecule has 2 N–H and O–H groups in total. The van der Waals surface area contributed by atoms with Crippen LogP contribution in [0.4, 0.5) is 4.39 Å². The van der Waals surface area contributed by atoms with E-state index in [0.717, 1.165) is 30.9 Å². The minimum Gasteiger partial charge on any atom is -0.368 e. The molecule has 4 heteroatoms. The lowest BCUT2D eigenvalue weighted by molar-refractivity contribution is 0.215. The van der Waals surface area contributed by atoms with Gasteiger partial charge < -0.3 is 10.6 Å². The summed E-state index contributed by atoms with van der Waals surface area (Å²) in [6.07, 6.45) is 4.98. The Hall–Kier alpha value is -1.42. The number of hydrogen-bond donors (Lipinski definition) is 2. The Balaban J connectivity index is 1.72. The maximum Gasteiger partial charge on any atom is 0.123 e. The summed E-state index contributed by atoms with van der Waals surface area (Å²) >= 11 is 0. The third kappa shape index (κ3) is 2.95. The van der Waals surface area contributed by atoms with Crippen LogP contribution in [-0.2, 0) is 6.54 Å². The number of amidine groups is 1.